The van der Waals surface area contributed by atoms with Crippen molar-refractivity contribution in [3.8, 4) is 23.0 Å². The van der Waals surface area contributed by atoms with Gasteiger partial charge in [0.05, 0.1) is 22.4 Å². The fourth-order valence-corrected chi connectivity index (χ4v) is 4.16. The monoisotopic (exact) mass is 590 g/mol. The van der Waals surface area contributed by atoms with E-state index in [4.69, 9.17) is 14.3 Å². The highest BCUT2D eigenvalue weighted by Crippen LogP contribution is 2.28. The molecule has 5 rings (SSSR count). The van der Waals surface area contributed by atoms with Crippen LogP contribution in [0.15, 0.2) is 121 Å². The van der Waals surface area contributed by atoms with E-state index in [0.29, 0.717) is 39.9 Å². The number of carbonyl (C=O) groups is 3. The number of nitrogens with one attached hydrogen (secondary N) is 2. The van der Waals surface area contributed by atoms with Crippen LogP contribution in [0, 0.1) is 0 Å². The number of hydrogen-bond acceptors (Lipinski definition) is 7. The minimum Gasteiger partial charge on any atom is -0.478 e. The molecule has 220 valence electrons. The molecule has 0 aliphatic heterocycles. The molecule has 0 saturated carbocycles. The van der Waals surface area contributed by atoms with Crippen LogP contribution in [0.5, 0.6) is 23.0 Å². The second kappa shape index (κ2) is 13.7. The molecule has 0 saturated heterocycles. The first-order chi connectivity index (χ1) is 21.4. The maximum atomic E-state index is 12.6. The Hall–Kier alpha value is -6.13. The van der Waals surface area contributed by atoms with Crippen molar-refractivity contribution in [3.63, 3.8) is 0 Å². The molecule has 1 amide bonds. The molecule has 10 nitrogen and oxygen atoms in total. The van der Waals surface area contributed by atoms with Gasteiger partial charge in [-0.15, -0.1) is 0 Å². The van der Waals surface area contributed by atoms with Gasteiger partial charge in [0.15, 0.2) is 0 Å². The number of rotatable bonds is 12. The summed E-state index contributed by atoms with van der Waals surface area (Å²) in [6.07, 6.45) is 0. The first-order valence-corrected chi connectivity index (χ1v) is 13.3. The first kappa shape index (κ1) is 29.4. The normalized spacial score (nSPS) is 10.5. The number of anilines is 2. The fourth-order valence-electron chi connectivity index (χ4n) is 4.16. The minimum absolute atomic E-state index is 0.0701. The fraction of sp³-hybridized carbons (Fsp3) is 0.0294. The third-order valence-corrected chi connectivity index (χ3v) is 6.33. The van der Waals surface area contributed by atoms with E-state index in [1.54, 1.807) is 103 Å². The van der Waals surface area contributed by atoms with Gasteiger partial charge in [-0.2, -0.15) is 0 Å². The molecule has 0 radical (unpaired) electrons. The molecule has 0 unspecified atom stereocenters. The summed E-state index contributed by atoms with van der Waals surface area (Å²) in [6, 6.07) is 33.5. The van der Waals surface area contributed by atoms with Gasteiger partial charge < -0.3 is 25.0 Å². The lowest BCUT2D eigenvalue weighted by molar-refractivity contribution is 0.0682. The second-order valence-corrected chi connectivity index (χ2v) is 9.38. The number of carboxylic acid groups (broad SMARTS) is 2. The Morgan fingerprint density at radius 2 is 0.955 bits per heavy atom. The lowest BCUT2D eigenvalue weighted by Gasteiger charge is -2.11. The van der Waals surface area contributed by atoms with E-state index >= 15 is 0 Å². The number of amides is 1. The van der Waals surface area contributed by atoms with Gasteiger partial charge in [0.25, 0.3) is 5.91 Å². The van der Waals surface area contributed by atoms with Crippen LogP contribution in [0.4, 0.5) is 11.4 Å². The molecule has 5 aromatic carbocycles. The van der Waals surface area contributed by atoms with Crippen LogP contribution < -0.4 is 20.3 Å². The molecule has 0 atom stereocenters. The summed E-state index contributed by atoms with van der Waals surface area (Å²) in [5.41, 5.74) is 4.70. The third-order valence-electron chi connectivity index (χ3n) is 6.33. The summed E-state index contributed by atoms with van der Waals surface area (Å²) in [4.78, 5) is 40.8. The molecule has 4 N–H and O–H groups in total. The van der Waals surface area contributed by atoms with Crippen molar-refractivity contribution in [3.05, 3.63) is 144 Å². The van der Waals surface area contributed by atoms with Crippen LogP contribution in [0.25, 0.3) is 0 Å². The molecule has 0 fully saturated rings. The van der Waals surface area contributed by atoms with Crippen molar-refractivity contribution in [1.82, 2.24) is 0 Å². The van der Waals surface area contributed by atoms with Crippen LogP contribution in [0.2, 0.25) is 0 Å². The standard InChI is InChI=1S/C34H26N2O8/c37-32(30-7-3-4-8-31(30)34(40)41)35-23-9-13-25(14-10-23)43-27-17-19-28(20-18-27)44-26-15-11-24(12-16-26)36-42-21-22-5-1-2-6-29(22)33(38)39/h1-20,36H,21H2,(H,35,37)(H,38,39)(H,40,41). The Labute approximate surface area is 252 Å². The van der Waals surface area contributed by atoms with Gasteiger partial charge in [-0.3, -0.25) is 15.1 Å². The van der Waals surface area contributed by atoms with E-state index in [1.165, 1.54) is 18.2 Å². The van der Waals surface area contributed by atoms with Crippen LogP contribution in [0.1, 0.15) is 36.6 Å². The Kier molecular flexibility index (Phi) is 9.14. The summed E-state index contributed by atoms with van der Waals surface area (Å²) in [7, 11) is 0. The number of carboxylic acids is 2. The molecule has 0 heterocycles. The lowest BCUT2D eigenvalue weighted by Crippen LogP contribution is -2.16. The van der Waals surface area contributed by atoms with E-state index in [0.717, 1.165) is 0 Å². The summed E-state index contributed by atoms with van der Waals surface area (Å²) in [5.74, 6) is -0.392. The van der Waals surface area contributed by atoms with E-state index in [9.17, 15) is 24.6 Å². The van der Waals surface area contributed by atoms with E-state index in [1.807, 2.05) is 0 Å². The quantitative estimate of drug-likeness (QED) is 0.109. The highest BCUT2D eigenvalue weighted by molar-refractivity contribution is 6.10. The van der Waals surface area contributed by atoms with Gasteiger partial charge >= 0.3 is 11.9 Å². The van der Waals surface area contributed by atoms with Crippen molar-refractivity contribution < 1.29 is 38.9 Å². The predicted octanol–water partition coefficient (Wildman–Crippen LogP) is 7.46. The number of aromatic carboxylic acids is 2. The zero-order valence-corrected chi connectivity index (χ0v) is 23.1. The smallest absolute Gasteiger partial charge is 0.336 e. The highest BCUT2D eigenvalue weighted by atomic mass is 16.6. The minimum atomic E-state index is -1.17. The van der Waals surface area contributed by atoms with Gasteiger partial charge in [0.1, 0.15) is 29.6 Å². The van der Waals surface area contributed by atoms with Gasteiger partial charge in [0.2, 0.25) is 0 Å². The van der Waals surface area contributed by atoms with Crippen LogP contribution >= 0.6 is 0 Å². The van der Waals surface area contributed by atoms with Gasteiger partial charge in [-0.05, 0) is 96.6 Å². The number of hydrogen-bond donors (Lipinski definition) is 4. The Balaban J connectivity index is 1.10. The average Bonchev–Trinajstić information content (AvgIpc) is 3.04. The highest BCUT2D eigenvalue weighted by Gasteiger charge is 2.16. The molecule has 0 spiro atoms. The van der Waals surface area contributed by atoms with Crippen molar-refractivity contribution in [1.29, 1.82) is 0 Å². The van der Waals surface area contributed by atoms with Crippen LogP contribution in [0.3, 0.4) is 0 Å². The van der Waals surface area contributed by atoms with Gasteiger partial charge in [0, 0.05) is 5.69 Å². The molecule has 44 heavy (non-hydrogen) atoms. The predicted molar refractivity (Wildman–Crippen MR) is 163 cm³/mol. The molecule has 10 heteroatoms. The second-order valence-electron chi connectivity index (χ2n) is 9.38. The van der Waals surface area contributed by atoms with Crippen LogP contribution in [-0.4, -0.2) is 28.1 Å². The maximum absolute atomic E-state index is 12.6. The topological polar surface area (TPSA) is 143 Å². The Morgan fingerprint density at radius 1 is 0.523 bits per heavy atom. The zero-order valence-electron chi connectivity index (χ0n) is 23.1. The molecular formula is C34H26N2O8. The van der Waals surface area contributed by atoms with Gasteiger partial charge in [-0.25, -0.2) is 9.59 Å². The maximum Gasteiger partial charge on any atom is 0.336 e. The van der Waals surface area contributed by atoms with Crippen molar-refractivity contribution in [2.24, 2.45) is 0 Å². The van der Waals surface area contributed by atoms with Crippen molar-refractivity contribution in [2.45, 2.75) is 6.61 Å². The van der Waals surface area contributed by atoms with E-state index < -0.39 is 17.8 Å². The first-order valence-electron chi connectivity index (χ1n) is 13.3. The average molecular weight is 591 g/mol. The lowest BCUT2D eigenvalue weighted by atomic mass is 10.1. The summed E-state index contributed by atoms with van der Waals surface area (Å²) >= 11 is 0. The van der Waals surface area contributed by atoms with E-state index in [-0.39, 0.29) is 23.3 Å². The Morgan fingerprint density at radius 3 is 1.48 bits per heavy atom. The Bertz CT molecular complexity index is 1770. The molecule has 0 aliphatic carbocycles. The largest absolute Gasteiger partial charge is 0.478 e. The molecule has 5 aromatic rings. The van der Waals surface area contributed by atoms with Crippen molar-refractivity contribution >= 4 is 29.2 Å². The van der Waals surface area contributed by atoms with E-state index in [2.05, 4.69) is 10.8 Å². The number of benzene rings is 5. The third kappa shape index (κ3) is 7.58. The molecular weight excluding hydrogens is 564 g/mol. The molecule has 0 aromatic heterocycles. The summed E-state index contributed by atoms with van der Waals surface area (Å²) < 4.78 is 11.8. The van der Waals surface area contributed by atoms with Gasteiger partial charge in [-0.1, -0.05) is 30.3 Å². The number of carbonyl (C=O) groups excluding carboxylic acids is 1. The van der Waals surface area contributed by atoms with Crippen molar-refractivity contribution in [2.75, 3.05) is 10.8 Å². The van der Waals surface area contributed by atoms with Crippen LogP contribution in [-0.2, 0) is 11.4 Å². The SMILES string of the molecule is O=C(O)c1ccccc1CONc1ccc(Oc2ccc(Oc3ccc(NC(=O)c4ccccc4C(=O)O)cc3)cc2)cc1. The zero-order chi connectivity index (χ0) is 30.9. The summed E-state index contributed by atoms with van der Waals surface area (Å²) in [5, 5.41) is 21.3. The summed E-state index contributed by atoms with van der Waals surface area (Å²) in [6.45, 7) is 0.0828. The molecule has 0 aliphatic rings. The number of ether oxygens (including phenoxy) is 2. The molecule has 0 bridgehead atoms.